The average molecular weight is 201 g/mol. The molecule has 0 spiro atoms. The van der Waals surface area contributed by atoms with Gasteiger partial charge in [-0.25, -0.2) is 0 Å². The van der Waals surface area contributed by atoms with Crippen molar-refractivity contribution in [3.63, 3.8) is 0 Å². The first-order valence-electron chi connectivity index (χ1n) is 4.90. The second kappa shape index (κ2) is 3.03. The van der Waals surface area contributed by atoms with Crippen molar-refractivity contribution in [2.45, 2.75) is 12.5 Å². The van der Waals surface area contributed by atoms with Crippen LogP contribution in [0.1, 0.15) is 23.6 Å². The summed E-state index contributed by atoms with van der Waals surface area (Å²) in [5, 5.41) is 24.1. The molecule has 76 valence electrons. The van der Waals surface area contributed by atoms with Crippen LogP contribution < -0.4 is 5.32 Å². The lowest BCUT2D eigenvalue weighted by molar-refractivity contribution is 0.0672. The molecule has 2 aromatic carbocycles. The van der Waals surface area contributed by atoms with Crippen molar-refractivity contribution in [1.82, 2.24) is 5.32 Å². The summed E-state index contributed by atoms with van der Waals surface area (Å²) in [6, 6.07) is 11.7. The van der Waals surface area contributed by atoms with Crippen LogP contribution in [-0.2, 0) is 0 Å². The third kappa shape index (κ3) is 1.25. The number of rotatable bonds is 0. The lowest BCUT2D eigenvalue weighted by atomic mass is 10.0. The maximum absolute atomic E-state index is 9.64. The van der Waals surface area contributed by atoms with Gasteiger partial charge in [0, 0.05) is 11.1 Å². The minimum atomic E-state index is -0.764. The highest BCUT2D eigenvalue weighted by atomic mass is 16.3. The van der Waals surface area contributed by atoms with Crippen molar-refractivity contribution in [1.29, 1.82) is 0 Å². The van der Waals surface area contributed by atoms with Gasteiger partial charge in [0.1, 0.15) is 12.5 Å². The van der Waals surface area contributed by atoms with Gasteiger partial charge >= 0.3 is 0 Å². The number of aliphatic hydroxyl groups excluding tert-OH is 2. The van der Waals surface area contributed by atoms with E-state index in [4.69, 9.17) is 0 Å². The summed E-state index contributed by atoms with van der Waals surface area (Å²) < 4.78 is 0. The molecule has 3 heteroatoms. The number of aliphatic hydroxyl groups is 2. The van der Waals surface area contributed by atoms with E-state index < -0.39 is 12.5 Å². The van der Waals surface area contributed by atoms with E-state index in [2.05, 4.69) is 5.32 Å². The van der Waals surface area contributed by atoms with E-state index in [1.165, 1.54) is 0 Å². The number of hydrogen-bond donors (Lipinski definition) is 3. The molecular weight excluding hydrogens is 190 g/mol. The molecule has 0 amide bonds. The SMILES string of the molecule is OC1N[C@@H](O)c2cc3ccccc3cc21. The first-order chi connectivity index (χ1) is 7.25. The van der Waals surface area contributed by atoms with E-state index in [9.17, 15) is 10.2 Å². The normalized spacial score (nSPS) is 24.4. The topological polar surface area (TPSA) is 52.5 Å². The molecule has 3 rings (SSSR count). The van der Waals surface area contributed by atoms with Crippen molar-refractivity contribution in [3.05, 3.63) is 47.5 Å². The largest absolute Gasteiger partial charge is 0.374 e. The van der Waals surface area contributed by atoms with Crippen LogP contribution in [0.3, 0.4) is 0 Å². The fourth-order valence-corrected chi connectivity index (χ4v) is 2.08. The monoisotopic (exact) mass is 201 g/mol. The molecule has 15 heavy (non-hydrogen) atoms. The van der Waals surface area contributed by atoms with Crippen LogP contribution >= 0.6 is 0 Å². The third-order valence-corrected chi connectivity index (χ3v) is 2.86. The van der Waals surface area contributed by atoms with Gasteiger partial charge in [0.25, 0.3) is 0 Å². The molecule has 0 saturated heterocycles. The zero-order valence-corrected chi connectivity index (χ0v) is 8.01. The molecule has 0 aromatic heterocycles. The summed E-state index contributed by atoms with van der Waals surface area (Å²) in [7, 11) is 0. The molecular formula is C12H11NO2. The van der Waals surface area contributed by atoms with Crippen molar-refractivity contribution in [2.75, 3.05) is 0 Å². The van der Waals surface area contributed by atoms with Crippen LogP contribution in [0.4, 0.5) is 0 Å². The maximum Gasteiger partial charge on any atom is 0.133 e. The molecule has 0 aliphatic carbocycles. The Kier molecular flexibility index (Phi) is 1.79. The van der Waals surface area contributed by atoms with E-state index >= 15 is 0 Å². The predicted molar refractivity (Wildman–Crippen MR) is 57.0 cm³/mol. The van der Waals surface area contributed by atoms with Crippen LogP contribution in [0.2, 0.25) is 0 Å². The number of nitrogens with one attached hydrogen (secondary N) is 1. The summed E-state index contributed by atoms with van der Waals surface area (Å²) >= 11 is 0. The van der Waals surface area contributed by atoms with Gasteiger partial charge in [0.05, 0.1) is 0 Å². The highest BCUT2D eigenvalue weighted by Crippen LogP contribution is 2.33. The Bertz CT molecular complexity index is 478. The highest BCUT2D eigenvalue weighted by molar-refractivity contribution is 5.84. The summed E-state index contributed by atoms with van der Waals surface area (Å²) in [4.78, 5) is 0. The number of benzene rings is 2. The molecule has 0 radical (unpaired) electrons. The Hall–Kier alpha value is -1.42. The van der Waals surface area contributed by atoms with E-state index in [1.807, 2.05) is 36.4 Å². The fraction of sp³-hybridized carbons (Fsp3) is 0.167. The third-order valence-electron chi connectivity index (χ3n) is 2.86. The smallest absolute Gasteiger partial charge is 0.133 e. The molecule has 3 N–H and O–H groups in total. The van der Waals surface area contributed by atoms with Crippen LogP contribution in [0.15, 0.2) is 36.4 Å². The molecule has 1 aliphatic heterocycles. The Labute approximate surface area is 87.0 Å². The molecule has 2 atom stereocenters. The average Bonchev–Trinajstić information content (AvgIpc) is 2.52. The van der Waals surface area contributed by atoms with Crippen LogP contribution in [0, 0.1) is 0 Å². The molecule has 1 aliphatic rings. The second-order valence-electron chi connectivity index (χ2n) is 3.80. The highest BCUT2D eigenvalue weighted by Gasteiger charge is 2.27. The van der Waals surface area contributed by atoms with E-state index in [-0.39, 0.29) is 0 Å². The zero-order valence-electron chi connectivity index (χ0n) is 8.01. The van der Waals surface area contributed by atoms with Gasteiger partial charge < -0.3 is 10.2 Å². The van der Waals surface area contributed by atoms with Crippen LogP contribution in [0.25, 0.3) is 10.8 Å². The van der Waals surface area contributed by atoms with Crippen molar-refractivity contribution >= 4 is 10.8 Å². The molecule has 1 unspecified atom stereocenters. The Balaban J connectivity index is 2.32. The summed E-state index contributed by atoms with van der Waals surface area (Å²) in [5.41, 5.74) is 1.53. The Morgan fingerprint density at radius 1 is 0.867 bits per heavy atom. The van der Waals surface area contributed by atoms with Crippen molar-refractivity contribution in [3.8, 4) is 0 Å². The summed E-state index contributed by atoms with van der Waals surface area (Å²) in [5.74, 6) is 0. The van der Waals surface area contributed by atoms with Crippen molar-refractivity contribution < 1.29 is 10.2 Å². The quantitative estimate of drug-likeness (QED) is 0.604. The molecule has 1 heterocycles. The second-order valence-corrected chi connectivity index (χ2v) is 3.80. The zero-order chi connectivity index (χ0) is 10.4. The van der Waals surface area contributed by atoms with E-state index in [0.29, 0.717) is 0 Å². The first-order valence-corrected chi connectivity index (χ1v) is 4.90. The van der Waals surface area contributed by atoms with E-state index in [0.717, 1.165) is 21.9 Å². The molecule has 3 nitrogen and oxygen atoms in total. The van der Waals surface area contributed by atoms with Gasteiger partial charge in [-0.1, -0.05) is 24.3 Å². The molecule has 2 aromatic rings. The van der Waals surface area contributed by atoms with Crippen molar-refractivity contribution in [2.24, 2.45) is 0 Å². The van der Waals surface area contributed by atoms with Gasteiger partial charge in [-0.3, -0.25) is 5.32 Å². The summed E-state index contributed by atoms with van der Waals surface area (Å²) in [6.07, 6.45) is -1.53. The molecule has 0 saturated carbocycles. The predicted octanol–water partition coefficient (Wildman–Crippen LogP) is 1.42. The van der Waals surface area contributed by atoms with E-state index in [1.54, 1.807) is 0 Å². The number of hydrogen-bond acceptors (Lipinski definition) is 3. The lowest BCUT2D eigenvalue weighted by Crippen LogP contribution is -2.16. The minimum absolute atomic E-state index is 0.764. The maximum atomic E-state index is 9.64. The Morgan fingerprint density at radius 3 is 1.80 bits per heavy atom. The van der Waals surface area contributed by atoms with Crippen LogP contribution in [0.5, 0.6) is 0 Å². The molecule has 0 bridgehead atoms. The summed E-state index contributed by atoms with van der Waals surface area (Å²) in [6.45, 7) is 0. The van der Waals surface area contributed by atoms with Gasteiger partial charge in [0.15, 0.2) is 0 Å². The number of fused-ring (bicyclic) bond motifs is 2. The van der Waals surface area contributed by atoms with Gasteiger partial charge in [-0.2, -0.15) is 0 Å². The standard InChI is InChI=1S/C12H11NO2/c14-11-9-5-7-3-1-2-4-8(7)6-10(9)12(15)13-11/h1-6,11-15H/t11-,12?/m0/s1. The first kappa shape index (κ1) is 8.85. The lowest BCUT2D eigenvalue weighted by Gasteiger charge is -2.05. The van der Waals surface area contributed by atoms with Gasteiger partial charge in [0.2, 0.25) is 0 Å². The fourth-order valence-electron chi connectivity index (χ4n) is 2.08. The van der Waals surface area contributed by atoms with Gasteiger partial charge in [-0.05, 0) is 22.9 Å². The molecule has 0 fully saturated rings. The minimum Gasteiger partial charge on any atom is -0.374 e. The Morgan fingerprint density at radius 2 is 1.33 bits per heavy atom. The van der Waals surface area contributed by atoms with Gasteiger partial charge in [-0.15, -0.1) is 0 Å². The van der Waals surface area contributed by atoms with Crippen LogP contribution in [-0.4, -0.2) is 10.2 Å².